The molecule has 5 nitrogen and oxygen atoms in total. The molecule has 0 fully saturated rings. The third-order valence-corrected chi connectivity index (χ3v) is 4.36. The van der Waals surface area contributed by atoms with Crippen LogP contribution < -0.4 is 10.6 Å². The number of benzene rings is 2. The molecular formula is C22H24F3N5. The van der Waals surface area contributed by atoms with Crippen molar-refractivity contribution in [3.63, 3.8) is 0 Å². The van der Waals surface area contributed by atoms with Crippen molar-refractivity contribution in [3.8, 4) is 11.3 Å². The Hall–Kier alpha value is -3.13. The zero-order valence-electron chi connectivity index (χ0n) is 16.9. The third-order valence-electron chi connectivity index (χ3n) is 4.36. The molecule has 8 heteroatoms. The van der Waals surface area contributed by atoms with Crippen molar-refractivity contribution in [1.29, 1.82) is 0 Å². The lowest BCUT2D eigenvalue weighted by molar-refractivity contribution is -0.136. The smallest absolute Gasteiger partial charge is 0.354 e. The van der Waals surface area contributed by atoms with Crippen LogP contribution in [0.2, 0.25) is 0 Å². The summed E-state index contributed by atoms with van der Waals surface area (Å²) >= 11 is 0. The average Bonchev–Trinajstić information content (AvgIpc) is 2.71. The summed E-state index contributed by atoms with van der Waals surface area (Å²) < 4.78 is 40.1. The standard InChI is InChI=1S/C22H24F3N5/c1-30(2)14-8-13-26-21-28-19(16-9-4-3-5-10-16)15-20(29-21)27-18-12-7-6-11-17(18)22(23,24)25/h3-7,9-12,15H,8,13-14H2,1-2H3,(H2,26,27,28,29). The van der Waals surface area contributed by atoms with Gasteiger partial charge in [-0.25, -0.2) is 4.98 Å². The summed E-state index contributed by atoms with van der Waals surface area (Å²) in [5.74, 6) is 0.651. The Kier molecular flexibility index (Phi) is 6.89. The molecule has 0 aliphatic heterocycles. The molecule has 0 unspecified atom stereocenters. The van der Waals surface area contributed by atoms with E-state index in [-0.39, 0.29) is 11.5 Å². The highest BCUT2D eigenvalue weighted by Gasteiger charge is 2.33. The number of para-hydroxylation sites is 1. The van der Waals surface area contributed by atoms with Gasteiger partial charge in [-0.3, -0.25) is 0 Å². The van der Waals surface area contributed by atoms with Crippen LogP contribution in [0.5, 0.6) is 0 Å². The van der Waals surface area contributed by atoms with E-state index >= 15 is 0 Å². The molecule has 3 aromatic rings. The Labute approximate surface area is 174 Å². The first-order valence-corrected chi connectivity index (χ1v) is 9.59. The normalized spacial score (nSPS) is 11.5. The van der Waals surface area contributed by atoms with Gasteiger partial charge in [0.15, 0.2) is 0 Å². The molecule has 1 heterocycles. The van der Waals surface area contributed by atoms with Crippen molar-refractivity contribution in [1.82, 2.24) is 14.9 Å². The van der Waals surface area contributed by atoms with Gasteiger partial charge in [0.25, 0.3) is 0 Å². The van der Waals surface area contributed by atoms with E-state index in [0.717, 1.165) is 24.6 Å². The molecule has 0 aliphatic rings. The zero-order valence-corrected chi connectivity index (χ0v) is 16.9. The highest BCUT2D eigenvalue weighted by Crippen LogP contribution is 2.36. The molecule has 0 atom stereocenters. The Morgan fingerprint density at radius 1 is 0.933 bits per heavy atom. The lowest BCUT2D eigenvalue weighted by atomic mass is 10.1. The van der Waals surface area contributed by atoms with Gasteiger partial charge in [0.2, 0.25) is 5.95 Å². The van der Waals surface area contributed by atoms with Crippen LogP contribution >= 0.6 is 0 Å². The average molecular weight is 415 g/mol. The van der Waals surface area contributed by atoms with Crippen LogP contribution in [0, 0.1) is 0 Å². The zero-order chi connectivity index (χ0) is 21.6. The lowest BCUT2D eigenvalue weighted by Crippen LogP contribution is -2.17. The fraction of sp³-hybridized carbons (Fsp3) is 0.273. The SMILES string of the molecule is CN(C)CCCNc1nc(Nc2ccccc2C(F)(F)F)cc(-c2ccccc2)n1. The van der Waals surface area contributed by atoms with Crippen LogP contribution in [0.4, 0.5) is 30.6 Å². The second kappa shape index (κ2) is 9.58. The van der Waals surface area contributed by atoms with E-state index in [1.54, 1.807) is 12.1 Å². The Balaban J connectivity index is 1.91. The minimum absolute atomic E-state index is 0.0544. The molecule has 0 amide bonds. The second-order valence-electron chi connectivity index (χ2n) is 7.08. The first-order chi connectivity index (χ1) is 14.3. The number of nitrogens with one attached hydrogen (secondary N) is 2. The molecule has 2 aromatic carbocycles. The van der Waals surface area contributed by atoms with Crippen LogP contribution in [0.1, 0.15) is 12.0 Å². The van der Waals surface area contributed by atoms with E-state index < -0.39 is 11.7 Å². The van der Waals surface area contributed by atoms with Gasteiger partial charge in [-0.05, 0) is 39.2 Å². The topological polar surface area (TPSA) is 53.1 Å². The van der Waals surface area contributed by atoms with E-state index in [1.807, 2.05) is 44.4 Å². The van der Waals surface area contributed by atoms with Gasteiger partial charge in [0.05, 0.1) is 16.9 Å². The fourth-order valence-electron chi connectivity index (χ4n) is 2.92. The van der Waals surface area contributed by atoms with Gasteiger partial charge in [0, 0.05) is 18.2 Å². The van der Waals surface area contributed by atoms with E-state index in [0.29, 0.717) is 18.2 Å². The quantitative estimate of drug-likeness (QED) is 0.491. The molecule has 0 saturated carbocycles. The number of halogens is 3. The van der Waals surface area contributed by atoms with Gasteiger partial charge in [-0.15, -0.1) is 0 Å². The van der Waals surface area contributed by atoms with Crippen molar-refractivity contribution in [3.05, 3.63) is 66.2 Å². The Morgan fingerprint density at radius 3 is 2.33 bits per heavy atom. The maximum absolute atomic E-state index is 13.4. The van der Waals surface area contributed by atoms with Crippen molar-refractivity contribution < 1.29 is 13.2 Å². The van der Waals surface area contributed by atoms with E-state index in [9.17, 15) is 13.2 Å². The summed E-state index contributed by atoms with van der Waals surface area (Å²) in [6, 6.07) is 16.4. The molecule has 0 spiro atoms. The molecule has 2 N–H and O–H groups in total. The van der Waals surface area contributed by atoms with Crippen LogP contribution in [0.25, 0.3) is 11.3 Å². The molecule has 0 aliphatic carbocycles. The Bertz CT molecular complexity index is 958. The van der Waals surface area contributed by atoms with Gasteiger partial charge >= 0.3 is 6.18 Å². The first-order valence-electron chi connectivity index (χ1n) is 9.59. The van der Waals surface area contributed by atoms with Crippen molar-refractivity contribution >= 4 is 17.5 Å². The molecule has 0 bridgehead atoms. The summed E-state index contributed by atoms with van der Waals surface area (Å²) in [6.45, 7) is 1.55. The van der Waals surface area contributed by atoms with Crippen LogP contribution in [-0.2, 0) is 6.18 Å². The third kappa shape index (κ3) is 5.93. The van der Waals surface area contributed by atoms with Crippen LogP contribution in [0.15, 0.2) is 60.7 Å². The van der Waals surface area contributed by atoms with Gasteiger partial charge in [0.1, 0.15) is 5.82 Å². The number of rotatable bonds is 8. The maximum atomic E-state index is 13.4. The first kappa shape index (κ1) is 21.6. The molecule has 3 rings (SSSR count). The molecule has 1 aromatic heterocycles. The summed E-state index contributed by atoms with van der Waals surface area (Å²) in [5.41, 5.74) is 0.669. The number of nitrogens with zero attached hydrogens (tertiary/aromatic N) is 3. The Morgan fingerprint density at radius 2 is 1.63 bits per heavy atom. The number of hydrogen-bond acceptors (Lipinski definition) is 5. The molecule has 30 heavy (non-hydrogen) atoms. The largest absolute Gasteiger partial charge is 0.418 e. The summed E-state index contributed by atoms with van der Waals surface area (Å²) in [6.07, 6.45) is -3.59. The predicted octanol–water partition coefficient (Wildman–Crippen LogP) is 5.27. The van der Waals surface area contributed by atoms with Crippen molar-refractivity contribution in [2.75, 3.05) is 37.8 Å². The minimum Gasteiger partial charge on any atom is -0.354 e. The molecular weight excluding hydrogens is 391 g/mol. The summed E-state index contributed by atoms with van der Waals surface area (Å²) in [5, 5.41) is 5.99. The van der Waals surface area contributed by atoms with Crippen LogP contribution in [-0.4, -0.2) is 42.1 Å². The summed E-state index contributed by atoms with van der Waals surface area (Å²) in [4.78, 5) is 11.0. The van der Waals surface area contributed by atoms with E-state index in [4.69, 9.17) is 0 Å². The number of hydrogen-bond donors (Lipinski definition) is 2. The van der Waals surface area contributed by atoms with E-state index in [1.165, 1.54) is 12.1 Å². The number of alkyl halides is 3. The number of anilines is 3. The monoisotopic (exact) mass is 415 g/mol. The van der Waals surface area contributed by atoms with Gasteiger partial charge in [-0.1, -0.05) is 42.5 Å². The predicted molar refractivity (Wildman–Crippen MR) is 114 cm³/mol. The highest BCUT2D eigenvalue weighted by atomic mass is 19.4. The fourth-order valence-corrected chi connectivity index (χ4v) is 2.92. The summed E-state index contributed by atoms with van der Waals surface area (Å²) in [7, 11) is 3.99. The van der Waals surface area contributed by atoms with Gasteiger partial charge in [-0.2, -0.15) is 18.2 Å². The molecule has 0 saturated heterocycles. The van der Waals surface area contributed by atoms with Gasteiger partial charge < -0.3 is 15.5 Å². The minimum atomic E-state index is -4.47. The van der Waals surface area contributed by atoms with Crippen molar-refractivity contribution in [2.24, 2.45) is 0 Å². The van der Waals surface area contributed by atoms with E-state index in [2.05, 4.69) is 25.5 Å². The number of aromatic nitrogens is 2. The highest BCUT2D eigenvalue weighted by molar-refractivity contribution is 5.68. The lowest BCUT2D eigenvalue weighted by Gasteiger charge is -2.16. The van der Waals surface area contributed by atoms with Crippen LogP contribution in [0.3, 0.4) is 0 Å². The molecule has 158 valence electrons. The second-order valence-corrected chi connectivity index (χ2v) is 7.08. The molecule has 0 radical (unpaired) electrons. The maximum Gasteiger partial charge on any atom is 0.418 e. The van der Waals surface area contributed by atoms with Crippen molar-refractivity contribution in [2.45, 2.75) is 12.6 Å².